The normalized spacial score (nSPS) is 13.0. The number of esters is 2. The summed E-state index contributed by atoms with van der Waals surface area (Å²) in [7, 11) is 0. The lowest BCUT2D eigenvalue weighted by atomic mass is 9.95. The van der Waals surface area contributed by atoms with E-state index < -0.39 is 11.9 Å². The molecule has 0 N–H and O–H groups in total. The molecule has 0 saturated heterocycles. The van der Waals surface area contributed by atoms with E-state index in [0.717, 1.165) is 25.7 Å². The van der Waals surface area contributed by atoms with Gasteiger partial charge in [-0.3, -0.25) is 0 Å². The molecule has 2 unspecified atom stereocenters. The van der Waals surface area contributed by atoms with Crippen molar-refractivity contribution in [2.45, 2.75) is 182 Å². The number of carbonyl (C=O) groups excluding carboxylic acids is 2. The summed E-state index contributed by atoms with van der Waals surface area (Å²) in [4.78, 5) is 24.7. The van der Waals surface area contributed by atoms with E-state index in [4.69, 9.17) is 9.47 Å². The lowest BCUT2D eigenvalue weighted by Crippen LogP contribution is -2.15. The smallest absolute Gasteiger partial charge is 0.331 e. The van der Waals surface area contributed by atoms with Gasteiger partial charge >= 0.3 is 11.9 Å². The molecular formula is C36H68O4. The van der Waals surface area contributed by atoms with E-state index in [1.54, 1.807) is 0 Å². The Hall–Kier alpha value is -1.32. The van der Waals surface area contributed by atoms with Gasteiger partial charge in [0.2, 0.25) is 0 Å². The average molecular weight is 565 g/mol. The second-order valence-electron chi connectivity index (χ2n) is 12.1. The molecule has 0 aromatic carbocycles. The predicted molar refractivity (Wildman–Crippen MR) is 172 cm³/mol. The van der Waals surface area contributed by atoms with Crippen molar-refractivity contribution >= 4 is 11.9 Å². The molecule has 0 aromatic heterocycles. The molecule has 0 aliphatic rings. The van der Waals surface area contributed by atoms with Crippen molar-refractivity contribution in [1.82, 2.24) is 0 Å². The summed E-state index contributed by atoms with van der Waals surface area (Å²) >= 11 is 0. The number of carbonyl (C=O) groups is 2. The molecule has 4 heteroatoms. The van der Waals surface area contributed by atoms with Crippen LogP contribution in [0.25, 0.3) is 0 Å². The molecule has 0 aliphatic heterocycles. The first-order valence-corrected chi connectivity index (χ1v) is 17.6. The Morgan fingerprint density at radius 3 is 0.975 bits per heavy atom. The van der Waals surface area contributed by atoms with Crippen molar-refractivity contribution < 1.29 is 19.1 Å². The Morgan fingerprint density at radius 2 is 0.675 bits per heavy atom. The molecule has 0 bridgehead atoms. The molecule has 0 radical (unpaired) electrons. The summed E-state index contributed by atoms with van der Waals surface area (Å²) in [6.07, 6.45) is 32.3. The van der Waals surface area contributed by atoms with E-state index >= 15 is 0 Å². The molecule has 0 aliphatic carbocycles. The quantitative estimate of drug-likeness (QED) is 0.0494. The number of hydrogen-bond acceptors (Lipinski definition) is 4. The third-order valence-electron chi connectivity index (χ3n) is 8.14. The molecular weight excluding hydrogens is 496 g/mol. The molecule has 0 rings (SSSR count). The molecule has 0 saturated carbocycles. The first kappa shape index (κ1) is 38.7. The third-order valence-corrected chi connectivity index (χ3v) is 8.14. The maximum absolute atomic E-state index is 12.4. The monoisotopic (exact) mass is 565 g/mol. The summed E-state index contributed by atoms with van der Waals surface area (Å²) in [6.45, 7) is 9.87. The van der Waals surface area contributed by atoms with Crippen LogP contribution in [0.2, 0.25) is 0 Å². The largest absolute Gasteiger partial charge is 0.462 e. The van der Waals surface area contributed by atoms with Crippen LogP contribution in [0.4, 0.5) is 0 Å². The minimum atomic E-state index is -0.429. The van der Waals surface area contributed by atoms with Gasteiger partial charge in [0.15, 0.2) is 0 Å². The van der Waals surface area contributed by atoms with Crippen LogP contribution < -0.4 is 0 Å². The van der Waals surface area contributed by atoms with Gasteiger partial charge in [-0.1, -0.05) is 156 Å². The van der Waals surface area contributed by atoms with Crippen molar-refractivity contribution in [3.05, 3.63) is 12.2 Å². The SMILES string of the molecule is CCCCCCCCC(CCCCCC)COC(=O)/C=C\C(=O)OCC(CCCCCC)CCCCCCCC. The van der Waals surface area contributed by atoms with Crippen molar-refractivity contribution in [3.8, 4) is 0 Å². The zero-order chi connectivity index (χ0) is 29.5. The maximum Gasteiger partial charge on any atom is 0.331 e. The van der Waals surface area contributed by atoms with Crippen molar-refractivity contribution in [3.63, 3.8) is 0 Å². The van der Waals surface area contributed by atoms with Gasteiger partial charge < -0.3 is 9.47 Å². The number of rotatable bonds is 30. The fraction of sp³-hybridized carbons (Fsp3) is 0.889. The second kappa shape index (κ2) is 30.6. The van der Waals surface area contributed by atoms with Crippen LogP contribution in [0, 0.1) is 11.8 Å². The molecule has 40 heavy (non-hydrogen) atoms. The van der Waals surface area contributed by atoms with Crippen LogP contribution in [-0.4, -0.2) is 25.2 Å². The Labute approximate surface area is 249 Å². The Kier molecular flexibility index (Phi) is 29.6. The summed E-state index contributed by atoms with van der Waals surface area (Å²) < 4.78 is 11.1. The van der Waals surface area contributed by atoms with Crippen LogP contribution in [-0.2, 0) is 19.1 Å². The summed E-state index contributed by atoms with van der Waals surface area (Å²) in [5.41, 5.74) is 0. The zero-order valence-corrected chi connectivity index (χ0v) is 27.3. The van der Waals surface area contributed by atoms with Crippen LogP contribution in [0.1, 0.15) is 182 Å². The van der Waals surface area contributed by atoms with Crippen LogP contribution in [0.3, 0.4) is 0 Å². The highest BCUT2D eigenvalue weighted by molar-refractivity contribution is 5.91. The van der Waals surface area contributed by atoms with Gasteiger partial charge in [-0.25, -0.2) is 9.59 Å². The Bertz CT molecular complexity index is 535. The molecule has 0 fully saturated rings. The number of unbranched alkanes of at least 4 members (excludes halogenated alkanes) is 16. The minimum absolute atomic E-state index is 0.419. The Morgan fingerprint density at radius 1 is 0.425 bits per heavy atom. The van der Waals surface area contributed by atoms with Crippen molar-refractivity contribution in [2.75, 3.05) is 13.2 Å². The molecule has 236 valence electrons. The maximum atomic E-state index is 12.4. The fourth-order valence-electron chi connectivity index (χ4n) is 5.40. The van der Waals surface area contributed by atoms with Gasteiger partial charge in [0, 0.05) is 12.2 Å². The molecule has 0 amide bonds. The van der Waals surface area contributed by atoms with Crippen molar-refractivity contribution in [2.24, 2.45) is 11.8 Å². The van der Waals surface area contributed by atoms with Gasteiger partial charge in [-0.15, -0.1) is 0 Å². The van der Waals surface area contributed by atoms with E-state index in [9.17, 15) is 9.59 Å². The first-order chi connectivity index (χ1) is 19.6. The summed E-state index contributed by atoms with van der Waals surface area (Å²) in [6, 6.07) is 0. The second-order valence-corrected chi connectivity index (χ2v) is 12.1. The van der Waals surface area contributed by atoms with E-state index in [-0.39, 0.29) is 0 Å². The third kappa shape index (κ3) is 26.9. The average Bonchev–Trinajstić information content (AvgIpc) is 2.96. The van der Waals surface area contributed by atoms with Crippen LogP contribution >= 0.6 is 0 Å². The van der Waals surface area contributed by atoms with Crippen LogP contribution in [0.15, 0.2) is 12.2 Å². The molecule has 4 nitrogen and oxygen atoms in total. The number of hydrogen-bond donors (Lipinski definition) is 0. The highest BCUT2D eigenvalue weighted by Crippen LogP contribution is 2.21. The minimum Gasteiger partial charge on any atom is -0.462 e. The lowest BCUT2D eigenvalue weighted by Gasteiger charge is -2.17. The Balaban J connectivity index is 4.49. The molecule has 0 aromatic rings. The summed E-state index contributed by atoms with van der Waals surface area (Å²) in [5.74, 6) is -0.0196. The topological polar surface area (TPSA) is 52.6 Å². The van der Waals surface area contributed by atoms with E-state index in [1.165, 1.54) is 141 Å². The van der Waals surface area contributed by atoms with Gasteiger partial charge in [0.05, 0.1) is 13.2 Å². The van der Waals surface area contributed by atoms with Gasteiger partial charge in [0.1, 0.15) is 0 Å². The van der Waals surface area contributed by atoms with E-state index in [2.05, 4.69) is 27.7 Å². The molecule has 0 spiro atoms. The molecule has 2 atom stereocenters. The predicted octanol–water partition coefficient (Wildman–Crippen LogP) is 11.3. The fourth-order valence-corrected chi connectivity index (χ4v) is 5.40. The van der Waals surface area contributed by atoms with Gasteiger partial charge in [-0.2, -0.15) is 0 Å². The van der Waals surface area contributed by atoms with Crippen molar-refractivity contribution in [1.29, 1.82) is 0 Å². The first-order valence-electron chi connectivity index (χ1n) is 17.6. The molecule has 0 heterocycles. The van der Waals surface area contributed by atoms with Gasteiger partial charge in [0.25, 0.3) is 0 Å². The van der Waals surface area contributed by atoms with E-state index in [0.29, 0.717) is 25.0 Å². The lowest BCUT2D eigenvalue weighted by molar-refractivity contribution is -0.142. The standard InChI is InChI=1S/C36H68O4/c1-5-9-13-17-19-23-27-33(25-21-15-11-7-3)31-39-35(37)29-30-36(38)40-32-34(26-22-16-12-8-4)28-24-20-18-14-10-6-2/h29-30,33-34H,5-28,31-32H2,1-4H3/b30-29-. The number of ether oxygens (including phenoxy) is 2. The summed E-state index contributed by atoms with van der Waals surface area (Å²) in [5, 5.41) is 0. The van der Waals surface area contributed by atoms with E-state index in [1.807, 2.05) is 0 Å². The zero-order valence-electron chi connectivity index (χ0n) is 27.3. The van der Waals surface area contributed by atoms with Crippen LogP contribution in [0.5, 0.6) is 0 Å². The highest BCUT2D eigenvalue weighted by Gasteiger charge is 2.13. The highest BCUT2D eigenvalue weighted by atomic mass is 16.5. The van der Waals surface area contributed by atoms with Gasteiger partial charge in [-0.05, 0) is 37.5 Å².